The minimum Gasteiger partial charge on any atom is -0.383 e. The molecule has 6 nitrogen and oxygen atoms in total. The molecule has 0 fully saturated rings. The van der Waals surface area contributed by atoms with E-state index in [-0.39, 0.29) is 6.54 Å². The molecule has 0 aliphatic heterocycles. The first-order chi connectivity index (χ1) is 7.37. The summed E-state index contributed by atoms with van der Waals surface area (Å²) in [5.74, 6) is -0.516. The van der Waals surface area contributed by atoms with E-state index in [2.05, 4.69) is 5.32 Å². The number of carbonyl (C=O) groups is 1. The van der Waals surface area contributed by atoms with Gasteiger partial charge in [-0.2, -0.15) is 0 Å². The monoisotopic (exact) mass is 252 g/mol. The number of methoxy groups -OCH3 is 1. The summed E-state index contributed by atoms with van der Waals surface area (Å²) in [5, 5.41) is 0.692. The van der Waals surface area contributed by atoms with Crippen molar-refractivity contribution in [1.82, 2.24) is 5.32 Å². The molecular weight excluding hydrogens is 232 g/mol. The van der Waals surface area contributed by atoms with Crippen molar-refractivity contribution >= 4 is 15.7 Å². The van der Waals surface area contributed by atoms with Crippen LogP contribution in [0.2, 0.25) is 0 Å². The summed E-state index contributed by atoms with van der Waals surface area (Å²) in [4.78, 5) is 11.5. The van der Waals surface area contributed by atoms with Crippen molar-refractivity contribution in [1.29, 1.82) is 0 Å². The van der Waals surface area contributed by atoms with Crippen LogP contribution in [0.1, 0.15) is 13.8 Å². The van der Waals surface area contributed by atoms with E-state index in [4.69, 9.17) is 10.5 Å². The lowest BCUT2D eigenvalue weighted by Crippen LogP contribution is -2.44. The minimum atomic E-state index is -3.50. The lowest BCUT2D eigenvalue weighted by Gasteiger charge is -2.17. The molecule has 0 bridgehead atoms. The van der Waals surface area contributed by atoms with E-state index in [1.807, 2.05) is 0 Å². The maximum atomic E-state index is 11.8. The summed E-state index contributed by atoms with van der Waals surface area (Å²) < 4.78 is 28.3. The van der Waals surface area contributed by atoms with E-state index in [0.29, 0.717) is 13.2 Å². The van der Waals surface area contributed by atoms with Crippen LogP contribution in [0.15, 0.2) is 0 Å². The van der Waals surface area contributed by atoms with Gasteiger partial charge in [0.1, 0.15) is 5.25 Å². The van der Waals surface area contributed by atoms with Crippen LogP contribution in [0, 0.1) is 0 Å². The van der Waals surface area contributed by atoms with Gasteiger partial charge in [-0.05, 0) is 13.8 Å². The summed E-state index contributed by atoms with van der Waals surface area (Å²) >= 11 is 0. The first kappa shape index (κ1) is 15.3. The second kappa shape index (κ2) is 6.82. The van der Waals surface area contributed by atoms with Crippen LogP contribution in [0.25, 0.3) is 0 Å². The topological polar surface area (TPSA) is 98.5 Å². The normalized spacial score (nSPS) is 15.5. The highest BCUT2D eigenvalue weighted by atomic mass is 32.2. The van der Waals surface area contributed by atoms with Crippen molar-refractivity contribution < 1.29 is 17.9 Å². The van der Waals surface area contributed by atoms with E-state index >= 15 is 0 Å². The van der Waals surface area contributed by atoms with Crippen LogP contribution in [0.3, 0.4) is 0 Å². The number of rotatable bonds is 7. The van der Waals surface area contributed by atoms with Gasteiger partial charge in [0.15, 0.2) is 9.84 Å². The number of hydrogen-bond donors (Lipinski definition) is 2. The van der Waals surface area contributed by atoms with Crippen LogP contribution in [0.5, 0.6) is 0 Å². The molecule has 1 amide bonds. The van der Waals surface area contributed by atoms with Crippen molar-refractivity contribution in [2.75, 3.05) is 26.8 Å². The number of amides is 1. The molecule has 0 heterocycles. The molecule has 0 saturated carbocycles. The average Bonchev–Trinajstić information content (AvgIpc) is 2.26. The summed E-state index contributed by atoms with van der Waals surface area (Å²) in [6.45, 7) is 3.52. The standard InChI is InChI=1S/C9H20N2O4S/c1-7(6-10)16(13,14)8(2)9(12)11-4-5-15-3/h7-8H,4-6,10H2,1-3H3,(H,11,12). The lowest BCUT2D eigenvalue weighted by molar-refractivity contribution is -0.120. The van der Waals surface area contributed by atoms with Crippen LogP contribution < -0.4 is 11.1 Å². The van der Waals surface area contributed by atoms with E-state index in [1.54, 1.807) is 0 Å². The van der Waals surface area contributed by atoms with Gasteiger partial charge in [0.25, 0.3) is 0 Å². The van der Waals surface area contributed by atoms with Gasteiger partial charge in [0, 0.05) is 20.2 Å². The highest BCUT2D eigenvalue weighted by molar-refractivity contribution is 7.93. The quantitative estimate of drug-likeness (QED) is 0.560. The smallest absolute Gasteiger partial charge is 0.238 e. The third-order valence-corrected chi connectivity index (χ3v) is 4.87. The van der Waals surface area contributed by atoms with Crippen LogP contribution in [-0.2, 0) is 19.4 Å². The van der Waals surface area contributed by atoms with Gasteiger partial charge in [-0.1, -0.05) is 0 Å². The van der Waals surface area contributed by atoms with Gasteiger partial charge in [-0.15, -0.1) is 0 Å². The molecule has 0 aliphatic rings. The van der Waals surface area contributed by atoms with Gasteiger partial charge in [-0.25, -0.2) is 8.42 Å². The minimum absolute atomic E-state index is 0.0119. The Bertz CT molecular complexity index is 315. The number of nitrogens with one attached hydrogen (secondary N) is 1. The van der Waals surface area contributed by atoms with Gasteiger partial charge in [-0.3, -0.25) is 4.79 Å². The molecule has 0 aromatic carbocycles. The van der Waals surface area contributed by atoms with Crippen molar-refractivity contribution in [2.24, 2.45) is 5.73 Å². The molecule has 2 atom stereocenters. The summed E-state index contributed by atoms with van der Waals surface area (Å²) in [7, 11) is -2.00. The third-order valence-electron chi connectivity index (χ3n) is 2.36. The second-order valence-corrected chi connectivity index (χ2v) is 6.25. The predicted molar refractivity (Wildman–Crippen MR) is 61.8 cm³/mol. The second-order valence-electron chi connectivity index (χ2n) is 3.56. The zero-order valence-corrected chi connectivity index (χ0v) is 10.7. The summed E-state index contributed by atoms with van der Waals surface area (Å²) in [6, 6.07) is 0. The SMILES string of the molecule is COCCNC(=O)C(C)S(=O)(=O)C(C)CN. The molecular formula is C9H20N2O4S. The van der Waals surface area contributed by atoms with Crippen LogP contribution in [0.4, 0.5) is 0 Å². The summed E-state index contributed by atoms with van der Waals surface area (Å²) in [6.07, 6.45) is 0. The van der Waals surface area contributed by atoms with Crippen LogP contribution in [-0.4, -0.2) is 51.6 Å². The highest BCUT2D eigenvalue weighted by Crippen LogP contribution is 2.08. The first-order valence-corrected chi connectivity index (χ1v) is 6.68. The van der Waals surface area contributed by atoms with Crippen molar-refractivity contribution in [3.63, 3.8) is 0 Å². The predicted octanol–water partition coefficient (Wildman–Crippen LogP) is -1.10. The Morgan fingerprint density at radius 3 is 2.44 bits per heavy atom. The van der Waals surface area contributed by atoms with Crippen molar-refractivity contribution in [2.45, 2.75) is 24.3 Å². The molecule has 0 aromatic rings. The Morgan fingerprint density at radius 1 is 1.44 bits per heavy atom. The van der Waals surface area contributed by atoms with Gasteiger partial charge >= 0.3 is 0 Å². The van der Waals surface area contributed by atoms with E-state index in [0.717, 1.165) is 0 Å². The Balaban J connectivity index is 4.43. The van der Waals surface area contributed by atoms with Crippen LogP contribution >= 0.6 is 0 Å². The number of ether oxygens (including phenoxy) is 1. The average molecular weight is 252 g/mol. The fourth-order valence-electron chi connectivity index (χ4n) is 1.05. The van der Waals surface area contributed by atoms with Gasteiger partial charge in [0.05, 0.1) is 11.9 Å². The number of carbonyl (C=O) groups excluding carboxylic acids is 1. The zero-order valence-electron chi connectivity index (χ0n) is 9.89. The molecule has 2 unspecified atom stereocenters. The Kier molecular flexibility index (Phi) is 6.54. The Labute approximate surface area is 96.4 Å². The molecule has 0 saturated heterocycles. The van der Waals surface area contributed by atoms with Gasteiger partial charge in [0.2, 0.25) is 5.91 Å². The fourth-order valence-corrected chi connectivity index (χ4v) is 2.40. The number of nitrogens with two attached hydrogens (primary N) is 1. The first-order valence-electron chi connectivity index (χ1n) is 5.07. The molecule has 16 heavy (non-hydrogen) atoms. The summed E-state index contributed by atoms with van der Waals surface area (Å²) in [5.41, 5.74) is 5.29. The largest absolute Gasteiger partial charge is 0.383 e. The molecule has 96 valence electrons. The molecule has 0 aliphatic carbocycles. The van der Waals surface area contributed by atoms with Gasteiger partial charge < -0.3 is 15.8 Å². The maximum absolute atomic E-state index is 11.8. The van der Waals surface area contributed by atoms with Crippen molar-refractivity contribution in [3.8, 4) is 0 Å². The fraction of sp³-hybridized carbons (Fsp3) is 0.889. The zero-order chi connectivity index (χ0) is 12.8. The Morgan fingerprint density at radius 2 is 2.00 bits per heavy atom. The number of hydrogen-bond acceptors (Lipinski definition) is 5. The van der Waals surface area contributed by atoms with E-state index < -0.39 is 26.2 Å². The Hall–Kier alpha value is -0.660. The molecule has 0 spiro atoms. The highest BCUT2D eigenvalue weighted by Gasteiger charge is 2.31. The third kappa shape index (κ3) is 4.07. The molecule has 0 radical (unpaired) electrons. The van der Waals surface area contributed by atoms with Crippen molar-refractivity contribution in [3.05, 3.63) is 0 Å². The van der Waals surface area contributed by atoms with E-state index in [9.17, 15) is 13.2 Å². The maximum Gasteiger partial charge on any atom is 0.238 e. The molecule has 3 N–H and O–H groups in total. The molecule has 0 aromatic heterocycles. The lowest BCUT2D eigenvalue weighted by atomic mass is 10.4. The van der Waals surface area contributed by atoms with E-state index in [1.165, 1.54) is 21.0 Å². The number of sulfone groups is 1. The molecule has 7 heteroatoms. The molecule has 0 rings (SSSR count).